The first-order chi connectivity index (χ1) is 11.5. The summed E-state index contributed by atoms with van der Waals surface area (Å²) in [6.45, 7) is 2.18. The molecule has 2 saturated heterocycles. The maximum absolute atomic E-state index is 13.7. The molecule has 2 aliphatic rings. The minimum atomic E-state index is -0.429. The highest BCUT2D eigenvalue weighted by Gasteiger charge is 2.47. The second-order valence-corrected chi connectivity index (χ2v) is 6.44. The molecule has 0 bridgehead atoms. The monoisotopic (exact) mass is 331 g/mol. The molecule has 3 atom stereocenters. The molecule has 1 amide bonds. The van der Waals surface area contributed by atoms with E-state index in [1.54, 1.807) is 11.0 Å². The number of hydrogen-bond acceptors (Lipinski definition) is 4. The van der Waals surface area contributed by atoms with Crippen LogP contribution in [0.25, 0.3) is 0 Å². The minimum Gasteiger partial charge on any atom is -0.328 e. The molecule has 0 unspecified atom stereocenters. The lowest BCUT2D eigenvalue weighted by molar-refractivity contribution is 0.0701. The van der Waals surface area contributed by atoms with Gasteiger partial charge in [0.15, 0.2) is 0 Å². The van der Waals surface area contributed by atoms with E-state index in [2.05, 4.69) is 15.4 Å². The zero-order chi connectivity index (χ0) is 16.8. The van der Waals surface area contributed by atoms with Gasteiger partial charge in [-0.1, -0.05) is 12.1 Å². The van der Waals surface area contributed by atoms with Crippen molar-refractivity contribution in [2.45, 2.75) is 6.04 Å². The Morgan fingerprint density at radius 3 is 2.92 bits per heavy atom. The van der Waals surface area contributed by atoms with Crippen molar-refractivity contribution in [2.24, 2.45) is 18.9 Å². The Morgan fingerprint density at radius 2 is 2.21 bits per heavy atom. The van der Waals surface area contributed by atoms with Gasteiger partial charge in [-0.2, -0.15) is 0 Å². The Hall–Kier alpha value is -2.48. The van der Waals surface area contributed by atoms with Gasteiger partial charge in [-0.25, -0.2) is 13.9 Å². The molecule has 1 aromatic carbocycles. The third-order valence-corrected chi connectivity index (χ3v) is 4.99. The molecule has 24 heavy (non-hydrogen) atoms. The highest BCUT2D eigenvalue weighted by Crippen LogP contribution is 2.43. The largest absolute Gasteiger partial charge is 0.343 e. The fraction of sp³-hybridized carbons (Fsp3) is 0.438. The van der Waals surface area contributed by atoms with Crippen LogP contribution in [0.4, 0.5) is 4.39 Å². The van der Waals surface area contributed by atoms with Crippen molar-refractivity contribution in [3.63, 3.8) is 0 Å². The lowest BCUT2D eigenvalue weighted by Gasteiger charge is -2.27. The number of nitrogens with zero attached hydrogens (tertiary/aromatic N) is 3. The molecule has 0 saturated carbocycles. The Balaban J connectivity index is 1.72. The summed E-state index contributed by atoms with van der Waals surface area (Å²) in [4.78, 5) is 28.6. The molecule has 126 valence electrons. The van der Waals surface area contributed by atoms with Crippen LogP contribution < -0.4 is 11.0 Å². The van der Waals surface area contributed by atoms with Crippen LogP contribution in [0.5, 0.6) is 0 Å². The van der Waals surface area contributed by atoms with Gasteiger partial charge in [0.1, 0.15) is 5.82 Å². The van der Waals surface area contributed by atoms with Crippen LogP contribution in [-0.2, 0) is 7.05 Å². The number of likely N-dealkylation sites (tertiary alicyclic amines) is 1. The van der Waals surface area contributed by atoms with Gasteiger partial charge in [0.05, 0.1) is 6.04 Å². The molecule has 2 aliphatic heterocycles. The van der Waals surface area contributed by atoms with Crippen LogP contribution in [0, 0.1) is 17.7 Å². The van der Waals surface area contributed by atoms with Crippen molar-refractivity contribution in [1.29, 1.82) is 0 Å². The number of aromatic nitrogens is 3. The van der Waals surface area contributed by atoms with Crippen molar-refractivity contribution in [3.8, 4) is 0 Å². The molecule has 0 aliphatic carbocycles. The van der Waals surface area contributed by atoms with E-state index in [1.807, 2.05) is 6.07 Å². The Labute approximate surface area is 137 Å². The van der Waals surface area contributed by atoms with Gasteiger partial charge >= 0.3 is 5.69 Å². The molecule has 0 spiro atoms. The molecule has 1 aromatic heterocycles. The predicted octanol–water partition coefficient (Wildman–Crippen LogP) is 0.280. The van der Waals surface area contributed by atoms with Crippen molar-refractivity contribution < 1.29 is 9.18 Å². The lowest BCUT2D eigenvalue weighted by atomic mass is 9.89. The summed E-state index contributed by atoms with van der Waals surface area (Å²) in [5.74, 6) is -0.0717. The van der Waals surface area contributed by atoms with Crippen LogP contribution in [-0.4, -0.2) is 45.2 Å². The number of hydrogen-bond donors (Lipinski definition) is 2. The summed E-state index contributed by atoms with van der Waals surface area (Å²) in [5, 5.41) is 7.30. The van der Waals surface area contributed by atoms with Crippen molar-refractivity contribution in [1.82, 2.24) is 25.0 Å². The van der Waals surface area contributed by atoms with Crippen LogP contribution in [0.15, 0.2) is 29.1 Å². The van der Waals surface area contributed by atoms with Gasteiger partial charge < -0.3 is 10.2 Å². The first kappa shape index (κ1) is 15.1. The number of carbonyl (C=O) groups is 1. The summed E-state index contributed by atoms with van der Waals surface area (Å²) in [6.07, 6.45) is 0. The summed E-state index contributed by atoms with van der Waals surface area (Å²) in [5.41, 5.74) is 0.347. The van der Waals surface area contributed by atoms with Crippen LogP contribution in [0.2, 0.25) is 0 Å². The molecule has 8 heteroatoms. The number of rotatable bonds is 2. The molecule has 2 aromatic rings. The first-order valence-corrected chi connectivity index (χ1v) is 7.95. The third kappa shape index (κ3) is 2.34. The molecule has 4 rings (SSSR count). The van der Waals surface area contributed by atoms with E-state index >= 15 is 0 Å². The minimum absolute atomic E-state index is 0.0248. The van der Waals surface area contributed by atoms with Crippen LogP contribution >= 0.6 is 0 Å². The van der Waals surface area contributed by atoms with Crippen molar-refractivity contribution in [3.05, 3.63) is 52.0 Å². The summed E-state index contributed by atoms with van der Waals surface area (Å²) in [6, 6.07) is 6.15. The zero-order valence-electron chi connectivity index (χ0n) is 13.2. The number of nitrogens with one attached hydrogen (secondary N) is 2. The maximum Gasteiger partial charge on any atom is 0.343 e. The second-order valence-electron chi connectivity index (χ2n) is 6.44. The van der Waals surface area contributed by atoms with Gasteiger partial charge in [0.2, 0.25) is 5.82 Å². The molecule has 2 N–H and O–H groups in total. The van der Waals surface area contributed by atoms with E-state index in [-0.39, 0.29) is 29.5 Å². The highest BCUT2D eigenvalue weighted by molar-refractivity contribution is 5.91. The van der Waals surface area contributed by atoms with Gasteiger partial charge in [0, 0.05) is 32.6 Å². The fourth-order valence-corrected chi connectivity index (χ4v) is 3.88. The standard InChI is InChI=1S/C16H18FN5O2/c1-21-16(24)19-14(20-21)15(23)22-8-10-6-18-7-12(10)13(22)9-3-2-4-11(17)5-9/h2-5,10,12-13,18H,6-8H2,1H3,(H,19,20,24)/t10-,12-,13+/m0/s1. The number of amides is 1. The SMILES string of the molecule is Cn1nc(C(=O)N2C[C@@H]3CNC[C@@H]3[C@H]2c2cccc(F)c2)[nH]c1=O. The Bertz CT molecular complexity index is 845. The topological polar surface area (TPSA) is 83.0 Å². The van der Waals surface area contributed by atoms with E-state index in [1.165, 1.54) is 19.2 Å². The molecular formula is C16H18FN5O2. The summed E-state index contributed by atoms with van der Waals surface area (Å²) < 4.78 is 14.8. The van der Waals surface area contributed by atoms with Gasteiger partial charge in [-0.15, -0.1) is 5.10 Å². The fourth-order valence-electron chi connectivity index (χ4n) is 3.88. The van der Waals surface area contributed by atoms with Gasteiger partial charge in [0.25, 0.3) is 5.91 Å². The van der Waals surface area contributed by atoms with E-state index in [0.29, 0.717) is 12.5 Å². The lowest BCUT2D eigenvalue weighted by Crippen LogP contribution is -2.35. The summed E-state index contributed by atoms with van der Waals surface area (Å²) in [7, 11) is 1.49. The normalized spacial score (nSPS) is 25.9. The van der Waals surface area contributed by atoms with E-state index in [9.17, 15) is 14.0 Å². The van der Waals surface area contributed by atoms with Crippen LogP contribution in [0.1, 0.15) is 22.2 Å². The number of H-pyrrole nitrogens is 1. The Morgan fingerprint density at radius 1 is 1.38 bits per heavy atom. The highest BCUT2D eigenvalue weighted by atomic mass is 19.1. The Kier molecular flexibility index (Phi) is 3.49. The summed E-state index contributed by atoms with van der Waals surface area (Å²) >= 11 is 0. The smallest absolute Gasteiger partial charge is 0.328 e. The average Bonchev–Trinajstić information content (AvgIpc) is 3.21. The van der Waals surface area contributed by atoms with E-state index < -0.39 is 5.69 Å². The molecular weight excluding hydrogens is 313 g/mol. The number of aryl methyl sites for hydroxylation is 1. The number of halogens is 1. The number of fused-ring (bicyclic) bond motifs is 1. The number of carbonyl (C=O) groups excluding carboxylic acids is 1. The number of aromatic amines is 1. The average molecular weight is 331 g/mol. The third-order valence-electron chi connectivity index (χ3n) is 4.99. The van der Waals surface area contributed by atoms with Gasteiger partial charge in [-0.05, 0) is 23.6 Å². The first-order valence-electron chi connectivity index (χ1n) is 7.95. The predicted molar refractivity (Wildman–Crippen MR) is 83.9 cm³/mol. The molecule has 0 radical (unpaired) electrons. The second kappa shape index (κ2) is 5.55. The maximum atomic E-state index is 13.7. The van der Waals surface area contributed by atoms with Crippen molar-refractivity contribution >= 4 is 5.91 Å². The quantitative estimate of drug-likeness (QED) is 0.828. The van der Waals surface area contributed by atoms with E-state index in [0.717, 1.165) is 23.3 Å². The molecule has 3 heterocycles. The van der Waals surface area contributed by atoms with Crippen LogP contribution in [0.3, 0.4) is 0 Å². The zero-order valence-corrected chi connectivity index (χ0v) is 13.2. The van der Waals surface area contributed by atoms with Crippen molar-refractivity contribution in [2.75, 3.05) is 19.6 Å². The number of benzene rings is 1. The van der Waals surface area contributed by atoms with Gasteiger partial charge in [-0.3, -0.25) is 9.78 Å². The van der Waals surface area contributed by atoms with E-state index in [4.69, 9.17) is 0 Å². The molecule has 2 fully saturated rings. The molecule has 7 nitrogen and oxygen atoms in total.